The average molecular weight is 219 g/mol. The van der Waals surface area contributed by atoms with Crippen LogP contribution in [0.4, 0.5) is 0 Å². The number of rotatable bonds is 0. The topological polar surface area (TPSA) is 67.2 Å². The Morgan fingerprint density at radius 3 is 1.90 bits per heavy atom. The van der Waals surface area contributed by atoms with Crippen LogP contribution in [0.1, 0.15) is 0 Å². The summed E-state index contributed by atoms with van der Waals surface area (Å²) >= 11 is 0. The number of nitrogens with zero attached hydrogens (tertiary/aromatic N) is 2. The second-order valence-electron chi connectivity index (χ2n) is 1.71. The predicted octanol–water partition coefficient (Wildman–Crippen LogP) is 0.215. The van der Waals surface area contributed by atoms with Crippen LogP contribution in [0.3, 0.4) is 0 Å². The molecule has 0 saturated carbocycles. The Bertz CT molecular complexity index is 55.6. The number of nitrogens with one attached hydrogen (secondary N) is 1. The van der Waals surface area contributed by atoms with Gasteiger partial charge in [0.05, 0.1) is 0 Å². The van der Waals surface area contributed by atoms with Gasteiger partial charge in [0.25, 0.3) is 0 Å². The molecule has 0 aromatic carbocycles. The minimum absolute atomic E-state index is 0. The predicted molar refractivity (Wildman–Crippen MR) is 39.1 cm³/mol. The molecule has 0 amide bonds. The van der Waals surface area contributed by atoms with E-state index < -0.39 is 0 Å². The largest absolute Gasteiger partial charge is 0.680 e. The molecule has 4 nitrogen and oxygen atoms in total. The molecule has 0 bridgehead atoms. The van der Waals surface area contributed by atoms with Gasteiger partial charge in [0.2, 0.25) is 0 Å². The third kappa shape index (κ3) is 7.06. The van der Waals surface area contributed by atoms with Crippen LogP contribution >= 0.6 is 0 Å². The molecule has 0 aliphatic carbocycles. The maximum Gasteiger partial charge on any atom is 0 e. The van der Waals surface area contributed by atoms with E-state index in [-0.39, 0.29) is 32.7 Å². The van der Waals surface area contributed by atoms with Crippen molar-refractivity contribution in [2.45, 2.75) is 0 Å². The molecule has 1 radical (unpaired) electrons. The molecule has 1 aliphatic rings. The minimum atomic E-state index is 0. The molecule has 0 spiro atoms. The SMILES string of the molecule is C[NH-].NN1CC[N-]CC1.[Y]. The van der Waals surface area contributed by atoms with E-state index in [2.05, 4.69) is 5.32 Å². The van der Waals surface area contributed by atoms with Gasteiger partial charge in [-0.15, -0.1) is 13.1 Å². The van der Waals surface area contributed by atoms with E-state index in [0.29, 0.717) is 0 Å². The van der Waals surface area contributed by atoms with Crippen LogP contribution in [-0.4, -0.2) is 38.2 Å². The van der Waals surface area contributed by atoms with Gasteiger partial charge in [-0.05, 0) is 13.1 Å². The van der Waals surface area contributed by atoms with Gasteiger partial charge in [0.1, 0.15) is 0 Å². The van der Waals surface area contributed by atoms with E-state index >= 15 is 0 Å². The molecule has 59 valence electrons. The molecule has 5 heteroatoms. The Morgan fingerprint density at radius 1 is 1.30 bits per heavy atom. The van der Waals surface area contributed by atoms with Crippen LogP contribution in [0.15, 0.2) is 0 Å². The molecule has 1 heterocycles. The third-order valence-electron chi connectivity index (χ3n) is 1.09. The summed E-state index contributed by atoms with van der Waals surface area (Å²) in [5.74, 6) is 5.41. The fourth-order valence-electron chi connectivity index (χ4n) is 0.622. The Hall–Kier alpha value is 0.944. The summed E-state index contributed by atoms with van der Waals surface area (Å²) in [4.78, 5) is 0. The molecule has 0 aromatic heterocycles. The van der Waals surface area contributed by atoms with Crippen molar-refractivity contribution in [2.75, 3.05) is 33.2 Å². The van der Waals surface area contributed by atoms with Crippen LogP contribution in [0.5, 0.6) is 0 Å². The Labute approximate surface area is 87.5 Å². The van der Waals surface area contributed by atoms with Crippen molar-refractivity contribution in [3.63, 3.8) is 0 Å². The normalized spacial score (nSPS) is 18.3. The van der Waals surface area contributed by atoms with E-state index in [9.17, 15) is 0 Å². The summed E-state index contributed by atoms with van der Waals surface area (Å²) in [6.45, 7) is 3.69. The van der Waals surface area contributed by atoms with Gasteiger partial charge in [-0.3, -0.25) is 10.9 Å². The summed E-state index contributed by atoms with van der Waals surface area (Å²) in [7, 11) is 1.25. The Morgan fingerprint density at radius 2 is 1.70 bits per heavy atom. The van der Waals surface area contributed by atoms with Gasteiger partial charge in [-0.2, -0.15) is 7.05 Å². The zero-order valence-electron chi connectivity index (χ0n) is 6.38. The summed E-state index contributed by atoms with van der Waals surface area (Å²) in [6, 6.07) is 0. The maximum atomic E-state index is 5.75. The molecule has 1 aliphatic heterocycles. The summed E-state index contributed by atoms with van der Waals surface area (Å²) < 4.78 is 0. The van der Waals surface area contributed by atoms with Gasteiger partial charge < -0.3 is 11.1 Å². The first-order valence-corrected chi connectivity index (χ1v) is 3.02. The molecule has 3 N–H and O–H groups in total. The second kappa shape index (κ2) is 9.94. The first-order valence-electron chi connectivity index (χ1n) is 3.02. The molecule has 1 fully saturated rings. The maximum absolute atomic E-state index is 5.75. The van der Waals surface area contributed by atoms with Crippen molar-refractivity contribution in [3.05, 3.63) is 11.1 Å². The first-order chi connectivity index (χ1) is 4.39. The zero-order chi connectivity index (χ0) is 7.11. The van der Waals surface area contributed by atoms with E-state index in [0.717, 1.165) is 26.2 Å². The van der Waals surface area contributed by atoms with E-state index in [1.165, 1.54) is 7.05 Å². The van der Waals surface area contributed by atoms with Crippen LogP contribution in [0, 0.1) is 0 Å². The van der Waals surface area contributed by atoms with Gasteiger partial charge in [-0.25, -0.2) is 0 Å². The smallest absolute Gasteiger partial charge is 0 e. The van der Waals surface area contributed by atoms with Crippen molar-refractivity contribution >= 4 is 0 Å². The molecule has 0 aromatic rings. The quantitative estimate of drug-likeness (QED) is 0.592. The summed E-state index contributed by atoms with van der Waals surface area (Å²) in [5, 5.41) is 5.90. The minimum Gasteiger partial charge on any atom is -0.680 e. The number of hydrogen-bond acceptors (Lipinski definition) is 2. The second-order valence-corrected chi connectivity index (χ2v) is 1.71. The van der Waals surface area contributed by atoms with E-state index in [4.69, 9.17) is 11.6 Å². The van der Waals surface area contributed by atoms with Crippen molar-refractivity contribution in [1.82, 2.24) is 5.01 Å². The fourth-order valence-corrected chi connectivity index (χ4v) is 0.622. The molecule has 1 rings (SSSR count). The fraction of sp³-hybridized carbons (Fsp3) is 1.00. The zero-order valence-corrected chi connectivity index (χ0v) is 9.22. The van der Waals surface area contributed by atoms with Crippen LogP contribution in [-0.2, 0) is 32.7 Å². The Balaban J connectivity index is 0. The standard InChI is InChI=1S/C4H10N3.CH4N.Y/c5-7-3-1-6-2-4-7;1-2;/h1-5H2;2H,1H3;/q2*-1;. The van der Waals surface area contributed by atoms with E-state index in [1.54, 1.807) is 5.01 Å². The number of hydrazine groups is 1. The van der Waals surface area contributed by atoms with Gasteiger partial charge in [-0.1, -0.05) is 0 Å². The number of nitrogens with two attached hydrogens (primary N) is 1. The van der Waals surface area contributed by atoms with E-state index in [1.807, 2.05) is 0 Å². The number of piperazine rings is 1. The van der Waals surface area contributed by atoms with Crippen LogP contribution in [0.2, 0.25) is 0 Å². The van der Waals surface area contributed by atoms with Crippen LogP contribution in [0.25, 0.3) is 11.1 Å². The first kappa shape index (κ1) is 13.5. The molecular weight excluding hydrogens is 205 g/mol. The molecule has 10 heavy (non-hydrogen) atoms. The molecule has 0 unspecified atom stereocenters. The monoisotopic (exact) mass is 219 g/mol. The number of hydrogen-bond donors (Lipinski definition) is 1. The van der Waals surface area contributed by atoms with Crippen molar-refractivity contribution < 1.29 is 32.7 Å². The van der Waals surface area contributed by atoms with Crippen LogP contribution < -0.4 is 5.84 Å². The molecule has 1 saturated heterocycles. The van der Waals surface area contributed by atoms with Crippen molar-refractivity contribution in [1.29, 1.82) is 0 Å². The van der Waals surface area contributed by atoms with Gasteiger partial charge in [0, 0.05) is 32.7 Å². The van der Waals surface area contributed by atoms with Gasteiger partial charge in [0.15, 0.2) is 0 Å². The average Bonchev–Trinajstić information content (AvgIpc) is 1.94. The molecular formula is C5H14N4Y-2. The Kier molecular flexibility index (Phi) is 13.5. The summed E-state index contributed by atoms with van der Waals surface area (Å²) in [5.41, 5.74) is 5.75. The molecule has 0 atom stereocenters. The van der Waals surface area contributed by atoms with Crippen molar-refractivity contribution in [2.24, 2.45) is 5.84 Å². The third-order valence-corrected chi connectivity index (χ3v) is 1.09. The van der Waals surface area contributed by atoms with Crippen molar-refractivity contribution in [3.8, 4) is 0 Å². The summed E-state index contributed by atoms with van der Waals surface area (Å²) in [6.07, 6.45) is 0. The van der Waals surface area contributed by atoms with Gasteiger partial charge >= 0.3 is 0 Å².